The average Bonchev–Trinajstić information content (AvgIpc) is 2.74. The van der Waals surface area contributed by atoms with Crippen molar-refractivity contribution in [1.29, 1.82) is 0 Å². The molecular weight excluding hydrogens is 313 g/mol. The largest absolute Gasteiger partial charge is 0.618 e. The second-order valence-corrected chi connectivity index (χ2v) is 5.27. The Morgan fingerprint density at radius 2 is 1.90 bits per heavy atom. The molecule has 0 aromatic heterocycles. The van der Waals surface area contributed by atoms with Crippen LogP contribution in [0, 0.1) is 5.21 Å². The Hall–Kier alpha value is -2.04. The second kappa shape index (κ2) is 5.06. The molecule has 0 saturated heterocycles. The summed E-state index contributed by atoms with van der Waals surface area (Å²) in [6.45, 7) is 0. The molecular formula is C15H9Cl2NO3. The number of methoxy groups -OCH3 is 1. The lowest BCUT2D eigenvalue weighted by atomic mass is 10.0. The van der Waals surface area contributed by atoms with Gasteiger partial charge in [-0.3, -0.25) is 4.79 Å². The van der Waals surface area contributed by atoms with E-state index in [0.29, 0.717) is 26.6 Å². The van der Waals surface area contributed by atoms with Gasteiger partial charge in [0.1, 0.15) is 5.56 Å². The second-order valence-electron chi connectivity index (χ2n) is 4.46. The summed E-state index contributed by atoms with van der Waals surface area (Å²) in [6, 6.07) is 9.53. The topological polar surface area (TPSA) is 52.4 Å². The number of carbonyl (C=O) groups excluding carboxylic acids is 1. The van der Waals surface area contributed by atoms with Gasteiger partial charge < -0.3 is 9.94 Å². The van der Waals surface area contributed by atoms with Crippen LogP contribution in [-0.2, 0) is 0 Å². The van der Waals surface area contributed by atoms with Crippen LogP contribution in [0.2, 0.25) is 10.0 Å². The van der Waals surface area contributed by atoms with Gasteiger partial charge in [-0.05, 0) is 30.3 Å². The zero-order valence-electron chi connectivity index (χ0n) is 10.9. The molecule has 1 aliphatic rings. The third kappa shape index (κ3) is 2.07. The third-order valence-corrected chi connectivity index (χ3v) is 4.02. The van der Waals surface area contributed by atoms with E-state index in [9.17, 15) is 10.0 Å². The minimum absolute atomic E-state index is 0.00747. The number of hydrogen-bond donors (Lipinski definition) is 0. The Labute approximate surface area is 130 Å². The minimum Gasteiger partial charge on any atom is -0.618 e. The van der Waals surface area contributed by atoms with Crippen LogP contribution in [0.15, 0.2) is 36.4 Å². The van der Waals surface area contributed by atoms with Gasteiger partial charge in [0.25, 0.3) is 17.2 Å². The van der Waals surface area contributed by atoms with Crippen molar-refractivity contribution in [2.75, 3.05) is 7.11 Å². The van der Waals surface area contributed by atoms with Crippen LogP contribution < -0.4 is 4.74 Å². The van der Waals surface area contributed by atoms with E-state index in [1.165, 1.54) is 13.2 Å². The number of benzene rings is 2. The van der Waals surface area contributed by atoms with E-state index in [2.05, 4.69) is 0 Å². The summed E-state index contributed by atoms with van der Waals surface area (Å²) in [5, 5.41) is 13.1. The van der Waals surface area contributed by atoms with Gasteiger partial charge in [-0.15, -0.1) is 0 Å². The lowest BCUT2D eigenvalue weighted by Gasteiger charge is -2.06. The fourth-order valence-corrected chi connectivity index (χ4v) is 2.60. The molecule has 0 amide bonds. The van der Waals surface area contributed by atoms with Gasteiger partial charge in [0.05, 0.1) is 22.7 Å². The fraction of sp³-hybridized carbons (Fsp3) is 0.0667. The van der Waals surface area contributed by atoms with Crippen molar-refractivity contribution < 1.29 is 14.3 Å². The van der Waals surface area contributed by atoms with Crippen molar-refractivity contribution in [1.82, 2.24) is 0 Å². The summed E-state index contributed by atoms with van der Waals surface area (Å²) in [4.78, 5) is 12.5. The fourth-order valence-electron chi connectivity index (χ4n) is 2.30. The summed E-state index contributed by atoms with van der Waals surface area (Å²) in [5.74, 6) is -0.0109. The number of ether oxygens (including phenoxy) is 1. The molecule has 0 aliphatic carbocycles. The summed E-state index contributed by atoms with van der Waals surface area (Å²) >= 11 is 11.8. The van der Waals surface area contributed by atoms with Crippen molar-refractivity contribution in [2.45, 2.75) is 0 Å². The first kappa shape index (κ1) is 13.9. The number of rotatable bonds is 2. The van der Waals surface area contributed by atoms with E-state index < -0.39 is 0 Å². The molecule has 4 nitrogen and oxygen atoms in total. The molecule has 6 heteroatoms. The first-order chi connectivity index (χ1) is 10.0. The number of Topliss-reactive ketones (excluding diaryl/α,β-unsaturated/α-hetero) is 1. The summed E-state index contributed by atoms with van der Waals surface area (Å²) < 4.78 is 5.73. The standard InChI is InChI=1S/C15H9Cl2NO3/c1-21-12-4-2-3-9-14(12)18(20)13(15(9)19)8-5-6-10(16)11(17)7-8/h2-7H,1H3. The van der Waals surface area contributed by atoms with Gasteiger partial charge in [0.2, 0.25) is 0 Å². The van der Waals surface area contributed by atoms with Gasteiger partial charge in [0, 0.05) is 0 Å². The number of hydrogen-bond acceptors (Lipinski definition) is 3. The first-order valence-corrected chi connectivity index (χ1v) is 6.81. The van der Waals surface area contributed by atoms with E-state index in [1.54, 1.807) is 30.3 Å². The Balaban J connectivity index is 2.22. The van der Waals surface area contributed by atoms with Crippen LogP contribution in [0.1, 0.15) is 15.9 Å². The van der Waals surface area contributed by atoms with Gasteiger partial charge >= 0.3 is 0 Å². The summed E-state index contributed by atoms with van der Waals surface area (Å²) in [7, 11) is 1.45. The molecule has 1 aliphatic heterocycles. The maximum absolute atomic E-state index is 12.5. The zero-order chi connectivity index (χ0) is 15.1. The number of halogens is 2. The first-order valence-electron chi connectivity index (χ1n) is 6.06. The Morgan fingerprint density at radius 3 is 2.57 bits per heavy atom. The molecule has 0 saturated carbocycles. The predicted molar refractivity (Wildman–Crippen MR) is 81.2 cm³/mol. The summed E-state index contributed by atoms with van der Waals surface area (Å²) in [5.41, 5.74) is 0.951. The van der Waals surface area contributed by atoms with Gasteiger partial charge in [-0.25, -0.2) is 0 Å². The van der Waals surface area contributed by atoms with E-state index in [0.717, 1.165) is 0 Å². The van der Waals surface area contributed by atoms with E-state index in [-0.39, 0.29) is 22.2 Å². The Morgan fingerprint density at radius 1 is 1.14 bits per heavy atom. The molecule has 21 heavy (non-hydrogen) atoms. The van der Waals surface area contributed by atoms with Crippen LogP contribution in [-0.4, -0.2) is 23.3 Å². The Bertz CT molecular complexity index is 800. The van der Waals surface area contributed by atoms with Crippen LogP contribution in [0.25, 0.3) is 0 Å². The van der Waals surface area contributed by atoms with Gasteiger partial charge in [-0.2, -0.15) is 4.74 Å². The number of para-hydroxylation sites is 1. The highest BCUT2D eigenvalue weighted by Gasteiger charge is 2.39. The quantitative estimate of drug-likeness (QED) is 0.624. The molecule has 2 aromatic rings. The molecule has 0 atom stereocenters. The lowest BCUT2D eigenvalue weighted by Crippen LogP contribution is -2.16. The van der Waals surface area contributed by atoms with Crippen LogP contribution >= 0.6 is 23.2 Å². The molecule has 0 unspecified atom stereocenters. The molecule has 106 valence electrons. The molecule has 0 radical (unpaired) electrons. The zero-order valence-corrected chi connectivity index (χ0v) is 12.4. The number of carbonyl (C=O) groups is 1. The molecule has 2 aromatic carbocycles. The number of nitrogens with zero attached hydrogens (tertiary/aromatic N) is 1. The highest BCUT2D eigenvalue weighted by molar-refractivity contribution is 6.52. The molecule has 0 bridgehead atoms. The van der Waals surface area contributed by atoms with Crippen molar-refractivity contribution in [3.05, 3.63) is 62.8 Å². The van der Waals surface area contributed by atoms with E-state index in [4.69, 9.17) is 27.9 Å². The van der Waals surface area contributed by atoms with Crippen LogP contribution in [0.3, 0.4) is 0 Å². The van der Waals surface area contributed by atoms with Crippen molar-refractivity contribution in [2.24, 2.45) is 0 Å². The smallest absolute Gasteiger partial charge is 0.273 e. The summed E-state index contributed by atoms with van der Waals surface area (Å²) in [6.07, 6.45) is 0. The maximum atomic E-state index is 12.5. The third-order valence-electron chi connectivity index (χ3n) is 3.28. The maximum Gasteiger partial charge on any atom is 0.273 e. The lowest BCUT2D eigenvalue weighted by molar-refractivity contribution is -0.356. The molecule has 0 spiro atoms. The number of fused-ring (bicyclic) bond motifs is 1. The highest BCUT2D eigenvalue weighted by atomic mass is 35.5. The van der Waals surface area contributed by atoms with E-state index >= 15 is 0 Å². The Kier molecular flexibility index (Phi) is 3.35. The minimum atomic E-state index is -0.364. The van der Waals surface area contributed by atoms with Gasteiger partial charge in [0.15, 0.2) is 5.75 Å². The van der Waals surface area contributed by atoms with Crippen molar-refractivity contribution in [3.8, 4) is 5.75 Å². The van der Waals surface area contributed by atoms with Crippen LogP contribution in [0.4, 0.5) is 5.69 Å². The van der Waals surface area contributed by atoms with Crippen LogP contribution in [0.5, 0.6) is 5.75 Å². The average molecular weight is 322 g/mol. The normalized spacial score (nSPS) is 13.6. The molecule has 3 rings (SSSR count). The van der Waals surface area contributed by atoms with Crippen molar-refractivity contribution in [3.63, 3.8) is 0 Å². The monoisotopic (exact) mass is 321 g/mol. The molecule has 1 heterocycles. The molecule has 0 N–H and O–H groups in total. The SMILES string of the molecule is COc1cccc2c1[N+]([O-])=C(c1ccc(Cl)c(Cl)c1)C2=O. The predicted octanol–water partition coefficient (Wildman–Crippen LogP) is 3.83. The van der Waals surface area contributed by atoms with Crippen molar-refractivity contribution >= 4 is 40.4 Å². The highest BCUT2D eigenvalue weighted by Crippen LogP contribution is 2.37. The molecule has 0 fully saturated rings. The van der Waals surface area contributed by atoms with E-state index in [1.807, 2.05) is 0 Å². The van der Waals surface area contributed by atoms with Gasteiger partial charge in [-0.1, -0.05) is 29.3 Å². The number of ketones is 1.